The quantitative estimate of drug-likeness (QED) is 0.263. The Hall–Kier alpha value is -3.90. The fourth-order valence-corrected chi connectivity index (χ4v) is 5.54. The number of halogens is 1. The molecule has 0 radical (unpaired) electrons. The van der Waals surface area contributed by atoms with Gasteiger partial charge in [-0.15, -0.1) is 10.2 Å². The van der Waals surface area contributed by atoms with E-state index in [4.69, 9.17) is 26.8 Å². The van der Waals surface area contributed by atoms with Crippen LogP contribution in [0, 0.1) is 13.8 Å². The van der Waals surface area contributed by atoms with Crippen LogP contribution in [-0.4, -0.2) is 45.9 Å². The molecule has 6 rings (SSSR count). The molecule has 6 nitrogen and oxygen atoms in total. The summed E-state index contributed by atoms with van der Waals surface area (Å²) in [6.45, 7) is 8.49. The molecule has 0 unspecified atom stereocenters. The van der Waals surface area contributed by atoms with Crippen LogP contribution in [0.3, 0.4) is 0 Å². The van der Waals surface area contributed by atoms with Gasteiger partial charge in [0.15, 0.2) is 5.82 Å². The highest BCUT2D eigenvalue weighted by atomic mass is 35.5. The molecule has 5 aromatic rings. The number of rotatable bonds is 5. The minimum atomic E-state index is 0.693. The van der Waals surface area contributed by atoms with Gasteiger partial charge in [0.05, 0.1) is 12.1 Å². The zero-order chi connectivity index (χ0) is 26.1. The van der Waals surface area contributed by atoms with Gasteiger partial charge in [-0.3, -0.25) is 9.55 Å². The first-order chi connectivity index (χ1) is 18.6. The summed E-state index contributed by atoms with van der Waals surface area (Å²) in [5.41, 5.74) is 6.53. The summed E-state index contributed by atoms with van der Waals surface area (Å²) in [5, 5.41) is 11.5. The van der Waals surface area contributed by atoms with Crippen LogP contribution in [-0.2, 0) is 6.54 Å². The van der Waals surface area contributed by atoms with Crippen LogP contribution in [0.5, 0.6) is 0 Å². The molecular weight excluding hydrogens is 492 g/mol. The van der Waals surface area contributed by atoms with Gasteiger partial charge in [-0.25, -0.2) is 0 Å². The smallest absolute Gasteiger partial charge is 0.227 e. The molecule has 192 valence electrons. The average Bonchev–Trinajstić information content (AvgIpc) is 3.18. The lowest BCUT2D eigenvalue weighted by atomic mass is 10.1. The maximum absolute atomic E-state index is 6.44. The van der Waals surface area contributed by atoms with E-state index >= 15 is 0 Å². The molecule has 0 amide bonds. The van der Waals surface area contributed by atoms with Crippen LogP contribution in [0.4, 0.5) is 11.6 Å². The summed E-state index contributed by atoms with van der Waals surface area (Å²) in [6.07, 6.45) is 1.02. The van der Waals surface area contributed by atoms with Crippen molar-refractivity contribution >= 4 is 34.1 Å². The number of aromatic nitrogens is 4. The molecule has 1 fully saturated rings. The highest BCUT2D eigenvalue weighted by molar-refractivity contribution is 6.31. The van der Waals surface area contributed by atoms with E-state index < -0.39 is 0 Å². The second-order valence-corrected chi connectivity index (χ2v) is 10.3. The maximum atomic E-state index is 6.44. The molecule has 3 heterocycles. The highest BCUT2D eigenvalue weighted by Gasteiger charge is 2.24. The van der Waals surface area contributed by atoms with Crippen molar-refractivity contribution in [3.05, 3.63) is 101 Å². The molecule has 3 aromatic carbocycles. The highest BCUT2D eigenvalue weighted by Crippen LogP contribution is 2.31. The van der Waals surface area contributed by atoms with E-state index in [1.807, 2.05) is 24.3 Å². The molecule has 2 aromatic heterocycles. The van der Waals surface area contributed by atoms with Gasteiger partial charge in [-0.1, -0.05) is 66.2 Å². The van der Waals surface area contributed by atoms with Crippen molar-refractivity contribution in [3.63, 3.8) is 0 Å². The molecule has 0 atom stereocenters. The summed E-state index contributed by atoms with van der Waals surface area (Å²) in [5.74, 6) is 1.76. The van der Waals surface area contributed by atoms with Crippen molar-refractivity contribution in [1.82, 2.24) is 19.7 Å². The van der Waals surface area contributed by atoms with Gasteiger partial charge in [0.25, 0.3) is 0 Å². The van der Waals surface area contributed by atoms with Crippen LogP contribution in [0.25, 0.3) is 22.3 Å². The van der Waals surface area contributed by atoms with Gasteiger partial charge in [-0.05, 0) is 55.7 Å². The number of pyridine rings is 1. The Balaban J connectivity index is 1.37. The van der Waals surface area contributed by atoms with E-state index in [-0.39, 0.29) is 0 Å². The van der Waals surface area contributed by atoms with Gasteiger partial charge in [-0.2, -0.15) is 0 Å². The molecule has 1 aliphatic rings. The Bertz CT molecular complexity index is 1580. The molecule has 0 spiro atoms. The van der Waals surface area contributed by atoms with Gasteiger partial charge < -0.3 is 9.80 Å². The fourth-order valence-electron chi connectivity index (χ4n) is 5.38. The fraction of sp³-hybridized carbons (Fsp3) is 0.258. The number of anilines is 2. The predicted molar refractivity (Wildman–Crippen MR) is 156 cm³/mol. The van der Waals surface area contributed by atoms with E-state index in [2.05, 4.69) is 82.8 Å². The van der Waals surface area contributed by atoms with Crippen molar-refractivity contribution in [2.24, 2.45) is 0 Å². The monoisotopic (exact) mass is 522 g/mol. The minimum absolute atomic E-state index is 0.693. The van der Waals surface area contributed by atoms with Crippen LogP contribution in [0.1, 0.15) is 23.2 Å². The van der Waals surface area contributed by atoms with E-state index in [0.717, 1.165) is 77.1 Å². The van der Waals surface area contributed by atoms with E-state index in [9.17, 15) is 0 Å². The first kappa shape index (κ1) is 24.4. The van der Waals surface area contributed by atoms with Crippen LogP contribution >= 0.6 is 11.6 Å². The second kappa shape index (κ2) is 10.5. The molecule has 0 aliphatic carbocycles. The summed E-state index contributed by atoms with van der Waals surface area (Å²) in [6, 6.07) is 27.1. The SMILES string of the molecule is Cc1nc2ccccc2cc1-c1nnc(N2CCCN(c3cccc(Cl)c3C)CC2)n1Cc1ccccc1. The number of benzene rings is 3. The molecule has 0 N–H and O–H groups in total. The van der Waals surface area contributed by atoms with Crippen LogP contribution < -0.4 is 9.80 Å². The van der Waals surface area contributed by atoms with Crippen LogP contribution in [0.2, 0.25) is 5.02 Å². The number of hydrogen-bond acceptors (Lipinski definition) is 5. The Morgan fingerprint density at radius 3 is 2.42 bits per heavy atom. The third-order valence-electron chi connectivity index (χ3n) is 7.43. The van der Waals surface area contributed by atoms with Crippen LogP contribution in [0.15, 0.2) is 78.9 Å². The van der Waals surface area contributed by atoms with Crippen molar-refractivity contribution in [2.45, 2.75) is 26.8 Å². The van der Waals surface area contributed by atoms with Gasteiger partial charge in [0.1, 0.15) is 0 Å². The molecule has 0 bridgehead atoms. The second-order valence-electron chi connectivity index (χ2n) is 9.92. The normalized spacial score (nSPS) is 14.2. The van der Waals surface area contributed by atoms with E-state index in [1.54, 1.807) is 0 Å². The zero-order valence-corrected chi connectivity index (χ0v) is 22.6. The Labute approximate surface area is 228 Å². The summed E-state index contributed by atoms with van der Waals surface area (Å²) < 4.78 is 2.26. The summed E-state index contributed by atoms with van der Waals surface area (Å²) >= 11 is 6.44. The molecule has 0 saturated carbocycles. The number of hydrogen-bond donors (Lipinski definition) is 0. The lowest BCUT2D eigenvalue weighted by Gasteiger charge is -2.26. The van der Waals surface area contributed by atoms with Crippen molar-refractivity contribution in [2.75, 3.05) is 36.0 Å². The first-order valence-corrected chi connectivity index (χ1v) is 13.5. The molecular formula is C31H31ClN6. The molecule has 1 aliphatic heterocycles. The Kier molecular flexibility index (Phi) is 6.73. The molecule has 1 saturated heterocycles. The summed E-state index contributed by atoms with van der Waals surface area (Å²) in [4.78, 5) is 9.70. The van der Waals surface area contributed by atoms with Gasteiger partial charge >= 0.3 is 0 Å². The van der Waals surface area contributed by atoms with Gasteiger partial charge in [0.2, 0.25) is 5.95 Å². The van der Waals surface area contributed by atoms with E-state index in [0.29, 0.717) is 6.54 Å². The number of aryl methyl sites for hydroxylation is 1. The lowest BCUT2D eigenvalue weighted by Crippen LogP contribution is -2.32. The van der Waals surface area contributed by atoms with E-state index in [1.165, 1.54) is 11.3 Å². The average molecular weight is 523 g/mol. The van der Waals surface area contributed by atoms with Crippen molar-refractivity contribution in [3.8, 4) is 11.4 Å². The third kappa shape index (κ3) is 4.72. The topological polar surface area (TPSA) is 50.1 Å². The lowest BCUT2D eigenvalue weighted by molar-refractivity contribution is 0.720. The van der Waals surface area contributed by atoms with Gasteiger partial charge in [0, 0.05) is 53.5 Å². The standard InChI is InChI=1S/C31H31ClN6/c1-22-27(32)13-8-15-29(22)36-16-9-17-37(19-18-36)31-35-34-30(38(31)21-24-10-4-3-5-11-24)26-20-25-12-6-7-14-28(25)33-23(26)2/h3-8,10-15,20H,9,16-19,21H2,1-2H3. The third-order valence-corrected chi connectivity index (χ3v) is 7.84. The van der Waals surface area contributed by atoms with Crippen molar-refractivity contribution < 1.29 is 0 Å². The number of fused-ring (bicyclic) bond motifs is 1. The predicted octanol–water partition coefficient (Wildman–Crippen LogP) is 6.53. The zero-order valence-electron chi connectivity index (χ0n) is 21.8. The molecule has 7 heteroatoms. The number of nitrogens with zero attached hydrogens (tertiary/aromatic N) is 6. The minimum Gasteiger partial charge on any atom is -0.369 e. The first-order valence-electron chi connectivity index (χ1n) is 13.2. The molecule has 38 heavy (non-hydrogen) atoms. The Morgan fingerprint density at radius 2 is 1.55 bits per heavy atom. The van der Waals surface area contributed by atoms with Crippen molar-refractivity contribution in [1.29, 1.82) is 0 Å². The maximum Gasteiger partial charge on any atom is 0.227 e. The number of para-hydroxylation sites is 1. The largest absolute Gasteiger partial charge is 0.369 e. The Morgan fingerprint density at radius 1 is 0.789 bits per heavy atom. The summed E-state index contributed by atoms with van der Waals surface area (Å²) in [7, 11) is 0.